The Balaban J connectivity index is 1.53. The molecule has 5 heteroatoms. The highest BCUT2D eigenvalue weighted by Gasteiger charge is 2.23. The van der Waals surface area contributed by atoms with E-state index in [1.165, 1.54) is 17.5 Å². The van der Waals surface area contributed by atoms with Crippen LogP contribution in [0.2, 0.25) is 0 Å². The van der Waals surface area contributed by atoms with E-state index < -0.39 is 6.04 Å². The van der Waals surface area contributed by atoms with Crippen molar-refractivity contribution in [1.82, 2.24) is 10.2 Å². The Bertz CT molecular complexity index is 594. The largest absolute Gasteiger partial charge is 0.378 e. The second-order valence-electron chi connectivity index (χ2n) is 6.36. The maximum absolute atomic E-state index is 12.3. The number of ether oxygens (including phenoxy) is 1. The van der Waals surface area contributed by atoms with Crippen LogP contribution in [-0.4, -0.2) is 49.1 Å². The summed E-state index contributed by atoms with van der Waals surface area (Å²) >= 11 is 0. The fourth-order valence-corrected chi connectivity index (χ4v) is 3.33. The number of benzene rings is 1. The van der Waals surface area contributed by atoms with Crippen molar-refractivity contribution in [1.29, 1.82) is 0 Å². The Labute approximate surface area is 137 Å². The van der Waals surface area contributed by atoms with Gasteiger partial charge in [-0.15, -0.1) is 0 Å². The molecule has 1 saturated heterocycles. The Hall–Kier alpha value is -1.88. The first kappa shape index (κ1) is 16.0. The number of nitrogens with one attached hydrogen (secondary N) is 1. The van der Waals surface area contributed by atoms with Gasteiger partial charge in [-0.05, 0) is 42.9 Å². The number of hydrogen-bond acceptors (Lipinski definition) is 3. The molecule has 23 heavy (non-hydrogen) atoms. The Morgan fingerprint density at radius 3 is 2.74 bits per heavy atom. The van der Waals surface area contributed by atoms with Gasteiger partial charge in [-0.3, -0.25) is 9.59 Å². The maximum atomic E-state index is 12.3. The third-order valence-corrected chi connectivity index (χ3v) is 4.60. The second-order valence-corrected chi connectivity index (χ2v) is 6.36. The molecular weight excluding hydrogens is 292 g/mol. The number of fused-ring (bicyclic) bond motifs is 1. The van der Waals surface area contributed by atoms with Gasteiger partial charge in [0.1, 0.15) is 6.04 Å². The molecule has 1 fully saturated rings. The zero-order valence-electron chi connectivity index (χ0n) is 13.6. The molecular formula is C18H24N2O3. The van der Waals surface area contributed by atoms with Crippen molar-refractivity contribution in [2.45, 2.75) is 38.6 Å². The van der Waals surface area contributed by atoms with Crippen LogP contribution in [-0.2, 0) is 33.6 Å². The molecule has 1 heterocycles. The van der Waals surface area contributed by atoms with Gasteiger partial charge in [0.2, 0.25) is 11.8 Å². The molecule has 1 atom stereocenters. The van der Waals surface area contributed by atoms with E-state index in [-0.39, 0.29) is 11.8 Å². The molecule has 1 aromatic carbocycles. The molecule has 1 unspecified atom stereocenters. The van der Waals surface area contributed by atoms with Crippen LogP contribution >= 0.6 is 0 Å². The van der Waals surface area contributed by atoms with Crippen LogP contribution in [0.4, 0.5) is 0 Å². The van der Waals surface area contributed by atoms with Crippen LogP contribution in [0, 0.1) is 0 Å². The molecule has 0 bridgehead atoms. The highest BCUT2D eigenvalue weighted by atomic mass is 16.5. The molecule has 0 saturated carbocycles. The lowest BCUT2D eigenvalue weighted by Gasteiger charge is -2.29. The van der Waals surface area contributed by atoms with Crippen molar-refractivity contribution >= 4 is 11.8 Å². The van der Waals surface area contributed by atoms with Crippen LogP contribution < -0.4 is 5.32 Å². The summed E-state index contributed by atoms with van der Waals surface area (Å²) in [7, 11) is 0. The van der Waals surface area contributed by atoms with E-state index in [1.54, 1.807) is 11.8 Å². The van der Waals surface area contributed by atoms with Crippen molar-refractivity contribution in [2.75, 3.05) is 26.3 Å². The molecule has 1 aliphatic heterocycles. The van der Waals surface area contributed by atoms with Gasteiger partial charge in [-0.25, -0.2) is 0 Å². The van der Waals surface area contributed by atoms with Crippen molar-refractivity contribution < 1.29 is 14.3 Å². The topological polar surface area (TPSA) is 58.6 Å². The van der Waals surface area contributed by atoms with Crippen molar-refractivity contribution in [3.63, 3.8) is 0 Å². The monoisotopic (exact) mass is 316 g/mol. The molecule has 2 amide bonds. The SMILES string of the molecule is CC(NC(=O)Cc1ccc2c(c1)CCC2)C(=O)N1CCOCC1. The normalized spacial score (nSPS) is 18.4. The first-order valence-electron chi connectivity index (χ1n) is 8.40. The van der Waals surface area contributed by atoms with Crippen LogP contribution in [0.1, 0.15) is 30.0 Å². The predicted octanol–water partition coefficient (Wildman–Crippen LogP) is 1.08. The van der Waals surface area contributed by atoms with E-state index in [4.69, 9.17) is 4.74 Å². The van der Waals surface area contributed by atoms with Gasteiger partial charge < -0.3 is 15.0 Å². The Morgan fingerprint density at radius 1 is 1.22 bits per heavy atom. The summed E-state index contributed by atoms with van der Waals surface area (Å²) in [6.45, 7) is 4.09. The number of morpholine rings is 1. The number of carbonyl (C=O) groups excluding carboxylic acids is 2. The smallest absolute Gasteiger partial charge is 0.245 e. The number of carbonyl (C=O) groups is 2. The molecule has 1 aromatic rings. The summed E-state index contributed by atoms with van der Waals surface area (Å²) in [4.78, 5) is 26.3. The lowest BCUT2D eigenvalue weighted by molar-refractivity contribution is -0.139. The van der Waals surface area contributed by atoms with Gasteiger partial charge >= 0.3 is 0 Å². The first-order valence-corrected chi connectivity index (χ1v) is 8.40. The van der Waals surface area contributed by atoms with E-state index in [2.05, 4.69) is 17.4 Å². The molecule has 124 valence electrons. The van der Waals surface area contributed by atoms with Gasteiger partial charge in [0.05, 0.1) is 19.6 Å². The predicted molar refractivity (Wildman–Crippen MR) is 87.2 cm³/mol. The fraction of sp³-hybridized carbons (Fsp3) is 0.556. The van der Waals surface area contributed by atoms with Crippen molar-refractivity contribution in [3.8, 4) is 0 Å². The molecule has 0 radical (unpaired) electrons. The first-order chi connectivity index (χ1) is 11.1. The average Bonchev–Trinajstić information content (AvgIpc) is 3.02. The third kappa shape index (κ3) is 3.91. The highest BCUT2D eigenvalue weighted by molar-refractivity contribution is 5.88. The molecule has 0 aromatic heterocycles. The Morgan fingerprint density at radius 2 is 1.96 bits per heavy atom. The van der Waals surface area contributed by atoms with Gasteiger partial charge in [0.25, 0.3) is 0 Å². The minimum Gasteiger partial charge on any atom is -0.378 e. The van der Waals surface area contributed by atoms with Crippen LogP contribution in [0.5, 0.6) is 0 Å². The van der Waals surface area contributed by atoms with E-state index in [1.807, 2.05) is 6.07 Å². The van der Waals surface area contributed by atoms with Crippen molar-refractivity contribution in [2.24, 2.45) is 0 Å². The lowest BCUT2D eigenvalue weighted by atomic mass is 10.0. The van der Waals surface area contributed by atoms with Gasteiger partial charge in [-0.1, -0.05) is 18.2 Å². The maximum Gasteiger partial charge on any atom is 0.245 e. The summed E-state index contributed by atoms with van der Waals surface area (Å²) in [5.41, 5.74) is 3.80. The van der Waals surface area contributed by atoms with E-state index in [0.29, 0.717) is 32.7 Å². The second kappa shape index (κ2) is 7.13. The van der Waals surface area contributed by atoms with Gasteiger partial charge in [-0.2, -0.15) is 0 Å². The fourth-order valence-electron chi connectivity index (χ4n) is 3.33. The number of amides is 2. The number of rotatable bonds is 4. The molecule has 3 rings (SSSR count). The van der Waals surface area contributed by atoms with E-state index in [9.17, 15) is 9.59 Å². The molecule has 2 aliphatic rings. The van der Waals surface area contributed by atoms with E-state index in [0.717, 1.165) is 18.4 Å². The summed E-state index contributed by atoms with van der Waals surface area (Å²) in [5, 5.41) is 2.82. The zero-order chi connectivity index (χ0) is 16.2. The zero-order valence-corrected chi connectivity index (χ0v) is 13.6. The van der Waals surface area contributed by atoms with Crippen molar-refractivity contribution in [3.05, 3.63) is 34.9 Å². The van der Waals surface area contributed by atoms with E-state index >= 15 is 0 Å². The standard InChI is InChI=1S/C18H24N2O3/c1-13(18(22)20-7-9-23-10-8-20)19-17(21)12-14-5-6-15-3-2-4-16(15)11-14/h5-6,11,13H,2-4,7-10,12H2,1H3,(H,19,21). The number of aryl methyl sites for hydroxylation is 2. The summed E-state index contributed by atoms with van der Waals surface area (Å²) in [6, 6.07) is 5.80. The number of hydrogen-bond donors (Lipinski definition) is 1. The minimum atomic E-state index is -0.491. The minimum absolute atomic E-state index is 0.0318. The van der Waals surface area contributed by atoms with Gasteiger partial charge in [0.15, 0.2) is 0 Å². The average molecular weight is 316 g/mol. The lowest BCUT2D eigenvalue weighted by Crippen LogP contribution is -2.50. The Kier molecular flexibility index (Phi) is 4.96. The molecule has 0 spiro atoms. The third-order valence-electron chi connectivity index (χ3n) is 4.60. The van der Waals surface area contributed by atoms with Gasteiger partial charge in [0, 0.05) is 13.1 Å². The quantitative estimate of drug-likeness (QED) is 0.904. The summed E-state index contributed by atoms with van der Waals surface area (Å²) in [5.74, 6) is -0.132. The van der Waals surface area contributed by atoms with Crippen LogP contribution in [0.25, 0.3) is 0 Å². The molecule has 5 nitrogen and oxygen atoms in total. The summed E-state index contributed by atoms with van der Waals surface area (Å²) < 4.78 is 5.25. The summed E-state index contributed by atoms with van der Waals surface area (Å²) in [6.07, 6.45) is 3.79. The molecule has 1 aliphatic carbocycles. The highest BCUT2D eigenvalue weighted by Crippen LogP contribution is 2.22. The van der Waals surface area contributed by atoms with Crippen LogP contribution in [0.15, 0.2) is 18.2 Å². The molecule has 1 N–H and O–H groups in total. The van der Waals surface area contributed by atoms with Crippen LogP contribution in [0.3, 0.4) is 0 Å². The number of nitrogens with zero attached hydrogens (tertiary/aromatic N) is 1.